The van der Waals surface area contributed by atoms with Crippen LogP contribution >= 0.6 is 0 Å². The van der Waals surface area contributed by atoms with Gasteiger partial charge in [-0.15, -0.1) is 0 Å². The maximum absolute atomic E-state index is 12.8. The van der Waals surface area contributed by atoms with E-state index in [0.717, 1.165) is 48.9 Å². The van der Waals surface area contributed by atoms with Gasteiger partial charge in [0.05, 0.1) is 19.8 Å². The van der Waals surface area contributed by atoms with Gasteiger partial charge in [-0.1, -0.05) is 12.1 Å². The first-order valence-electron chi connectivity index (χ1n) is 9.58. The summed E-state index contributed by atoms with van der Waals surface area (Å²) in [7, 11) is 0. The normalized spacial score (nSPS) is 17.3. The lowest BCUT2D eigenvalue weighted by Crippen LogP contribution is -2.44. The number of rotatable bonds is 6. The Morgan fingerprint density at radius 1 is 1.07 bits per heavy atom. The number of ketones is 1. The van der Waals surface area contributed by atoms with Crippen LogP contribution in [0.5, 0.6) is 11.5 Å². The molecule has 27 heavy (non-hydrogen) atoms. The van der Waals surface area contributed by atoms with Crippen molar-refractivity contribution < 1.29 is 19.0 Å². The van der Waals surface area contributed by atoms with Crippen molar-refractivity contribution in [3.63, 3.8) is 0 Å². The fraction of sp³-hybridized carbons (Fsp3) is 0.409. The third-order valence-electron chi connectivity index (χ3n) is 5.24. The molecule has 0 N–H and O–H groups in total. The first kappa shape index (κ1) is 18.0. The van der Waals surface area contributed by atoms with Crippen LogP contribution < -0.4 is 9.47 Å². The van der Waals surface area contributed by atoms with Crippen LogP contribution in [-0.2, 0) is 4.74 Å². The number of benzene rings is 2. The molecule has 0 spiro atoms. The third kappa shape index (κ3) is 3.45. The Kier molecular flexibility index (Phi) is 5.14. The predicted octanol–water partition coefficient (Wildman–Crippen LogP) is 3.40. The molecule has 2 aromatic carbocycles. The number of carbonyl (C=O) groups is 1. The van der Waals surface area contributed by atoms with E-state index in [4.69, 9.17) is 14.2 Å². The molecule has 2 aromatic rings. The van der Waals surface area contributed by atoms with E-state index in [9.17, 15) is 4.79 Å². The van der Waals surface area contributed by atoms with Gasteiger partial charge in [0.1, 0.15) is 18.1 Å². The molecular formula is C22H25NO4. The van der Waals surface area contributed by atoms with Crippen molar-refractivity contribution in [2.75, 3.05) is 39.5 Å². The topological polar surface area (TPSA) is 48.0 Å². The van der Waals surface area contributed by atoms with Crippen LogP contribution in [0.2, 0.25) is 0 Å². The van der Waals surface area contributed by atoms with Gasteiger partial charge >= 0.3 is 0 Å². The molecule has 1 aliphatic carbocycles. The van der Waals surface area contributed by atoms with Crippen molar-refractivity contribution in [1.82, 2.24) is 4.90 Å². The monoisotopic (exact) mass is 367 g/mol. The summed E-state index contributed by atoms with van der Waals surface area (Å²) in [5.74, 6) is 1.53. The van der Waals surface area contributed by atoms with Gasteiger partial charge in [-0.3, -0.25) is 9.69 Å². The Morgan fingerprint density at radius 2 is 1.89 bits per heavy atom. The quantitative estimate of drug-likeness (QED) is 0.668. The summed E-state index contributed by atoms with van der Waals surface area (Å²) in [5.41, 5.74) is 3.21. The maximum atomic E-state index is 12.8. The highest BCUT2D eigenvalue weighted by molar-refractivity contribution is 6.22. The van der Waals surface area contributed by atoms with E-state index in [0.29, 0.717) is 30.4 Å². The average Bonchev–Trinajstić information content (AvgIpc) is 3.00. The Labute approximate surface area is 159 Å². The van der Waals surface area contributed by atoms with Crippen LogP contribution in [0.3, 0.4) is 0 Å². The van der Waals surface area contributed by atoms with E-state index in [-0.39, 0.29) is 5.78 Å². The van der Waals surface area contributed by atoms with Crippen molar-refractivity contribution in [3.8, 4) is 22.6 Å². The lowest BCUT2D eigenvalue weighted by atomic mass is 10.0. The molecule has 0 amide bonds. The Morgan fingerprint density at radius 3 is 2.67 bits per heavy atom. The van der Waals surface area contributed by atoms with E-state index < -0.39 is 0 Å². The molecule has 5 nitrogen and oxygen atoms in total. The molecule has 1 fully saturated rings. The van der Waals surface area contributed by atoms with E-state index >= 15 is 0 Å². The van der Waals surface area contributed by atoms with Crippen LogP contribution in [0.4, 0.5) is 0 Å². The van der Waals surface area contributed by atoms with E-state index in [1.165, 1.54) is 0 Å². The van der Waals surface area contributed by atoms with Crippen molar-refractivity contribution in [3.05, 3.63) is 47.5 Å². The molecule has 1 heterocycles. The maximum Gasteiger partial charge on any atom is 0.194 e. The summed E-state index contributed by atoms with van der Waals surface area (Å²) in [6.07, 6.45) is 0. The number of nitrogens with zero attached hydrogens (tertiary/aromatic N) is 1. The number of carbonyl (C=O) groups excluding carboxylic acids is 1. The minimum Gasteiger partial charge on any atom is -0.494 e. The lowest BCUT2D eigenvalue weighted by molar-refractivity contribution is 0.0106. The molecule has 0 bridgehead atoms. The molecule has 1 saturated heterocycles. The largest absolute Gasteiger partial charge is 0.494 e. The van der Waals surface area contributed by atoms with Crippen LogP contribution in [0.15, 0.2) is 36.4 Å². The van der Waals surface area contributed by atoms with Gasteiger partial charge in [-0.2, -0.15) is 0 Å². The minimum atomic E-state index is 0.0354. The number of morpholine rings is 1. The molecule has 0 saturated carbocycles. The zero-order valence-electron chi connectivity index (χ0n) is 15.9. The third-order valence-corrected chi connectivity index (χ3v) is 5.24. The lowest BCUT2D eigenvalue weighted by Gasteiger charge is -2.32. The number of ether oxygens (including phenoxy) is 3. The zero-order valence-corrected chi connectivity index (χ0v) is 15.9. The van der Waals surface area contributed by atoms with E-state index in [1.54, 1.807) is 0 Å². The molecule has 1 unspecified atom stereocenters. The van der Waals surface area contributed by atoms with Gasteiger partial charge in [0.25, 0.3) is 0 Å². The average molecular weight is 367 g/mol. The van der Waals surface area contributed by atoms with Crippen molar-refractivity contribution in [2.45, 2.75) is 19.9 Å². The molecular weight excluding hydrogens is 342 g/mol. The number of fused-ring (bicyclic) bond motifs is 3. The molecule has 1 aliphatic heterocycles. The SMILES string of the molecule is CCOc1ccc2c(c1)C(=O)c1cccc(OCC(C)N3CCOCC3)c1-2. The van der Waals surface area contributed by atoms with Crippen LogP contribution in [0.25, 0.3) is 11.1 Å². The van der Waals surface area contributed by atoms with Crippen molar-refractivity contribution in [2.24, 2.45) is 0 Å². The summed E-state index contributed by atoms with van der Waals surface area (Å²) in [4.78, 5) is 15.2. The first-order valence-corrected chi connectivity index (χ1v) is 9.58. The fourth-order valence-corrected chi connectivity index (χ4v) is 3.78. The van der Waals surface area contributed by atoms with Crippen molar-refractivity contribution >= 4 is 5.78 Å². The Bertz CT molecular complexity index is 842. The summed E-state index contributed by atoms with van der Waals surface area (Å²) in [5, 5.41) is 0. The molecule has 2 aliphatic rings. The van der Waals surface area contributed by atoms with Gasteiger partial charge in [0.15, 0.2) is 5.78 Å². The van der Waals surface area contributed by atoms with Gasteiger partial charge < -0.3 is 14.2 Å². The second-order valence-corrected chi connectivity index (χ2v) is 6.96. The van der Waals surface area contributed by atoms with E-state index in [1.807, 2.05) is 43.3 Å². The molecule has 142 valence electrons. The van der Waals surface area contributed by atoms with Gasteiger partial charge in [-0.25, -0.2) is 0 Å². The van der Waals surface area contributed by atoms with Crippen molar-refractivity contribution in [1.29, 1.82) is 0 Å². The fourth-order valence-electron chi connectivity index (χ4n) is 3.78. The summed E-state index contributed by atoms with van der Waals surface area (Å²) in [6.45, 7) is 8.67. The molecule has 0 radical (unpaired) electrons. The highest BCUT2D eigenvalue weighted by atomic mass is 16.5. The van der Waals surface area contributed by atoms with Gasteiger partial charge in [0.2, 0.25) is 0 Å². The van der Waals surface area contributed by atoms with Gasteiger partial charge in [-0.05, 0) is 43.7 Å². The second kappa shape index (κ2) is 7.71. The molecule has 4 rings (SSSR count). The first-order chi connectivity index (χ1) is 13.2. The molecule has 0 aromatic heterocycles. The zero-order chi connectivity index (χ0) is 18.8. The molecule has 5 heteroatoms. The molecule has 1 atom stereocenters. The highest BCUT2D eigenvalue weighted by Crippen LogP contribution is 2.43. The summed E-state index contributed by atoms with van der Waals surface area (Å²) < 4.78 is 17.2. The van der Waals surface area contributed by atoms with E-state index in [2.05, 4.69) is 11.8 Å². The summed E-state index contributed by atoms with van der Waals surface area (Å²) >= 11 is 0. The smallest absolute Gasteiger partial charge is 0.194 e. The standard InChI is InChI=1S/C22H25NO4/c1-3-26-16-7-8-17-19(13-16)22(24)18-5-4-6-20(21(17)18)27-14-15(2)23-9-11-25-12-10-23/h4-8,13,15H,3,9-12,14H2,1-2H3. The predicted molar refractivity (Wildman–Crippen MR) is 104 cm³/mol. The number of hydrogen-bond acceptors (Lipinski definition) is 5. The van der Waals surface area contributed by atoms with Crippen LogP contribution in [-0.4, -0.2) is 56.2 Å². The van der Waals surface area contributed by atoms with Crippen LogP contribution in [0.1, 0.15) is 29.8 Å². The highest BCUT2D eigenvalue weighted by Gasteiger charge is 2.30. The Balaban J connectivity index is 1.57. The summed E-state index contributed by atoms with van der Waals surface area (Å²) in [6, 6.07) is 11.7. The van der Waals surface area contributed by atoms with Gasteiger partial charge in [0, 0.05) is 35.8 Å². The number of hydrogen-bond donors (Lipinski definition) is 0. The minimum absolute atomic E-state index is 0.0354. The Hall–Kier alpha value is -2.37. The van der Waals surface area contributed by atoms with Crippen LogP contribution in [0, 0.1) is 0 Å². The second-order valence-electron chi connectivity index (χ2n) is 6.96.